The van der Waals surface area contributed by atoms with Gasteiger partial charge in [-0.3, -0.25) is 0 Å². The Labute approximate surface area is 62.6 Å². The van der Waals surface area contributed by atoms with Crippen LogP contribution in [0.2, 0.25) is 0 Å². The molecule has 1 atom stereocenters. The van der Waals surface area contributed by atoms with Crippen LogP contribution in [0.4, 0.5) is 0 Å². The molecule has 0 bridgehead atoms. The van der Waals surface area contributed by atoms with Gasteiger partial charge in [-0.25, -0.2) is 0 Å². The summed E-state index contributed by atoms with van der Waals surface area (Å²) in [5.74, 6) is 3.43. The lowest BCUT2D eigenvalue weighted by Crippen LogP contribution is -2.08. The Morgan fingerprint density at radius 3 is 2.89 bits per heavy atom. The third kappa shape index (κ3) is 2.74. The molecule has 0 aromatic carbocycles. The largest absolute Gasteiger partial charge is 0.316 e. The summed E-state index contributed by atoms with van der Waals surface area (Å²) in [5, 5.41) is 3.26. The van der Waals surface area contributed by atoms with Crippen LogP contribution >= 0.6 is 12.4 Å². The molecule has 0 spiro atoms. The molecule has 1 saturated heterocycles. The number of hydrogen-bond acceptors (Lipinski definition) is 1. The molecule has 1 fully saturated rings. The maximum atomic E-state index is 5.13. The lowest BCUT2D eigenvalue weighted by Gasteiger charge is -1.98. The summed E-state index contributed by atoms with van der Waals surface area (Å²) in [6.45, 7) is 2.29. The van der Waals surface area contributed by atoms with Crippen LogP contribution in [0.3, 0.4) is 0 Å². The van der Waals surface area contributed by atoms with Crippen molar-refractivity contribution in [3.8, 4) is 12.3 Å². The molecule has 0 aromatic rings. The number of rotatable bonds is 1. The minimum absolute atomic E-state index is 0. The van der Waals surface area contributed by atoms with E-state index in [2.05, 4.69) is 11.2 Å². The van der Waals surface area contributed by atoms with Crippen LogP contribution in [-0.2, 0) is 0 Å². The Hall–Kier alpha value is -0.190. The molecule has 0 saturated carbocycles. The van der Waals surface area contributed by atoms with Crippen molar-refractivity contribution in [2.45, 2.75) is 12.8 Å². The second kappa shape index (κ2) is 4.67. The fourth-order valence-corrected chi connectivity index (χ4v) is 1.06. The normalized spacial score (nSPS) is 24.6. The van der Waals surface area contributed by atoms with Crippen LogP contribution < -0.4 is 5.32 Å². The Bertz CT molecular complexity index is 100.0. The molecular weight excluding hydrogens is 134 g/mol. The van der Waals surface area contributed by atoms with Gasteiger partial charge in [0.05, 0.1) is 0 Å². The molecule has 0 aromatic heterocycles. The number of nitrogens with one attached hydrogen (secondary N) is 1. The van der Waals surface area contributed by atoms with Crippen LogP contribution in [-0.4, -0.2) is 13.1 Å². The molecule has 2 heteroatoms. The van der Waals surface area contributed by atoms with E-state index in [-0.39, 0.29) is 12.4 Å². The minimum atomic E-state index is 0. The van der Waals surface area contributed by atoms with Gasteiger partial charge in [-0.1, -0.05) is 0 Å². The first kappa shape index (κ1) is 8.81. The summed E-state index contributed by atoms with van der Waals surface area (Å²) in [4.78, 5) is 0. The van der Waals surface area contributed by atoms with Gasteiger partial charge in [-0.05, 0) is 25.4 Å². The van der Waals surface area contributed by atoms with E-state index in [0.717, 1.165) is 25.4 Å². The summed E-state index contributed by atoms with van der Waals surface area (Å²) >= 11 is 0. The average molecular weight is 146 g/mol. The van der Waals surface area contributed by atoms with E-state index >= 15 is 0 Å². The summed E-state index contributed by atoms with van der Waals surface area (Å²) < 4.78 is 0. The molecule has 1 heterocycles. The van der Waals surface area contributed by atoms with Crippen molar-refractivity contribution < 1.29 is 0 Å². The molecule has 1 nitrogen and oxygen atoms in total. The van der Waals surface area contributed by atoms with E-state index in [0.29, 0.717) is 0 Å². The lowest BCUT2D eigenvalue weighted by atomic mass is 10.1. The topological polar surface area (TPSA) is 12.0 Å². The monoisotopic (exact) mass is 145 g/mol. The summed E-state index contributed by atoms with van der Waals surface area (Å²) in [5.41, 5.74) is 0. The van der Waals surface area contributed by atoms with E-state index in [9.17, 15) is 0 Å². The predicted octanol–water partition coefficient (Wildman–Crippen LogP) is 1.04. The Morgan fingerprint density at radius 1 is 1.67 bits per heavy atom. The molecule has 1 aliphatic heterocycles. The first-order valence-corrected chi connectivity index (χ1v) is 3.07. The molecule has 1 aliphatic rings. The molecule has 0 aliphatic carbocycles. The van der Waals surface area contributed by atoms with Gasteiger partial charge >= 0.3 is 0 Å². The SMILES string of the molecule is C#CC[C@@H]1CCNC1.Cl. The maximum absolute atomic E-state index is 5.13. The third-order valence-corrected chi connectivity index (χ3v) is 1.57. The van der Waals surface area contributed by atoms with Gasteiger partial charge in [0.1, 0.15) is 0 Å². The van der Waals surface area contributed by atoms with E-state index in [1.165, 1.54) is 6.42 Å². The van der Waals surface area contributed by atoms with Gasteiger partial charge in [0.15, 0.2) is 0 Å². The zero-order valence-corrected chi connectivity index (χ0v) is 6.21. The average Bonchev–Trinajstić information content (AvgIpc) is 2.19. The van der Waals surface area contributed by atoms with Crippen molar-refractivity contribution in [1.82, 2.24) is 5.32 Å². The first-order chi connectivity index (χ1) is 3.93. The van der Waals surface area contributed by atoms with Gasteiger partial charge in [-0.2, -0.15) is 0 Å². The molecule has 0 unspecified atom stereocenters. The minimum Gasteiger partial charge on any atom is -0.316 e. The number of halogens is 1. The van der Waals surface area contributed by atoms with Crippen molar-refractivity contribution in [3.63, 3.8) is 0 Å². The summed E-state index contributed by atoms with van der Waals surface area (Å²) in [6, 6.07) is 0. The third-order valence-electron chi connectivity index (χ3n) is 1.57. The van der Waals surface area contributed by atoms with Gasteiger partial charge in [0.2, 0.25) is 0 Å². The zero-order chi connectivity index (χ0) is 5.82. The summed E-state index contributed by atoms with van der Waals surface area (Å²) in [6.07, 6.45) is 7.35. The van der Waals surface area contributed by atoms with Crippen LogP contribution in [0.15, 0.2) is 0 Å². The smallest absolute Gasteiger partial charge is 0.0127 e. The highest BCUT2D eigenvalue weighted by atomic mass is 35.5. The molecule has 1 rings (SSSR count). The highest BCUT2D eigenvalue weighted by molar-refractivity contribution is 5.85. The van der Waals surface area contributed by atoms with Crippen molar-refractivity contribution in [2.24, 2.45) is 5.92 Å². The molecule has 0 amide bonds. The number of hydrogen-bond donors (Lipinski definition) is 1. The molecule has 0 radical (unpaired) electrons. The molecular formula is C7H12ClN. The predicted molar refractivity (Wildman–Crippen MR) is 41.7 cm³/mol. The Balaban J connectivity index is 0.000000640. The quantitative estimate of drug-likeness (QED) is 0.544. The van der Waals surface area contributed by atoms with Gasteiger partial charge in [0.25, 0.3) is 0 Å². The van der Waals surface area contributed by atoms with Crippen LogP contribution in [0.5, 0.6) is 0 Å². The van der Waals surface area contributed by atoms with Gasteiger partial charge in [0, 0.05) is 6.42 Å². The van der Waals surface area contributed by atoms with E-state index < -0.39 is 0 Å². The zero-order valence-electron chi connectivity index (χ0n) is 5.39. The van der Waals surface area contributed by atoms with Crippen LogP contribution in [0.25, 0.3) is 0 Å². The van der Waals surface area contributed by atoms with Crippen molar-refractivity contribution in [2.75, 3.05) is 13.1 Å². The molecule has 1 N–H and O–H groups in total. The fourth-order valence-electron chi connectivity index (χ4n) is 1.06. The highest BCUT2D eigenvalue weighted by Crippen LogP contribution is 2.09. The van der Waals surface area contributed by atoms with Gasteiger partial charge < -0.3 is 5.32 Å². The fraction of sp³-hybridized carbons (Fsp3) is 0.714. The van der Waals surface area contributed by atoms with E-state index in [1.54, 1.807) is 0 Å². The second-order valence-electron chi connectivity index (χ2n) is 2.27. The van der Waals surface area contributed by atoms with Crippen molar-refractivity contribution in [1.29, 1.82) is 0 Å². The number of terminal acetylenes is 1. The molecule has 9 heavy (non-hydrogen) atoms. The van der Waals surface area contributed by atoms with E-state index in [1.807, 2.05) is 0 Å². The van der Waals surface area contributed by atoms with Crippen molar-refractivity contribution >= 4 is 12.4 Å². The Kier molecular flexibility index (Phi) is 4.57. The highest BCUT2D eigenvalue weighted by Gasteiger charge is 2.11. The van der Waals surface area contributed by atoms with Crippen LogP contribution in [0.1, 0.15) is 12.8 Å². The Morgan fingerprint density at radius 2 is 2.44 bits per heavy atom. The first-order valence-electron chi connectivity index (χ1n) is 3.07. The van der Waals surface area contributed by atoms with Crippen molar-refractivity contribution in [3.05, 3.63) is 0 Å². The second-order valence-corrected chi connectivity index (χ2v) is 2.27. The van der Waals surface area contributed by atoms with Gasteiger partial charge in [-0.15, -0.1) is 24.8 Å². The maximum Gasteiger partial charge on any atom is 0.0127 e. The summed E-state index contributed by atoms with van der Waals surface area (Å²) in [7, 11) is 0. The van der Waals surface area contributed by atoms with E-state index in [4.69, 9.17) is 6.42 Å². The lowest BCUT2D eigenvalue weighted by molar-refractivity contribution is 0.603. The molecule has 52 valence electrons. The standard InChI is InChI=1S/C7H11N.ClH/c1-2-3-7-4-5-8-6-7;/h1,7-8H,3-6H2;1H/t7-;/m1./s1. The van der Waals surface area contributed by atoms with Crippen LogP contribution in [0, 0.1) is 18.3 Å².